The van der Waals surface area contributed by atoms with Gasteiger partial charge in [-0.3, -0.25) is 0 Å². The Morgan fingerprint density at radius 3 is 2.25 bits per heavy atom. The van der Waals surface area contributed by atoms with Gasteiger partial charge < -0.3 is 15.2 Å². The monoisotopic (exact) mass is 243 g/mol. The second-order valence-corrected chi connectivity index (χ2v) is 4.10. The highest BCUT2D eigenvalue weighted by Crippen LogP contribution is 2.27. The standard InChI is InChI=1S/C10H20F3NO2/c1-9(15,3-4-10(11,12)13)5-6-14-7-8-16-2/h14-15H,3-8H2,1-2H3. The number of alkyl halides is 3. The lowest BCUT2D eigenvalue weighted by molar-refractivity contribution is -0.146. The highest BCUT2D eigenvalue weighted by Gasteiger charge is 2.31. The lowest BCUT2D eigenvalue weighted by Crippen LogP contribution is -2.32. The van der Waals surface area contributed by atoms with E-state index < -0.39 is 18.2 Å². The van der Waals surface area contributed by atoms with Gasteiger partial charge in [0.05, 0.1) is 12.2 Å². The average molecular weight is 243 g/mol. The molecule has 6 heteroatoms. The number of halogens is 3. The molecule has 0 aliphatic rings. The molecule has 0 aliphatic carbocycles. The molecule has 0 rings (SSSR count). The molecule has 1 atom stereocenters. The fraction of sp³-hybridized carbons (Fsp3) is 1.00. The summed E-state index contributed by atoms with van der Waals surface area (Å²) in [7, 11) is 1.57. The topological polar surface area (TPSA) is 41.5 Å². The van der Waals surface area contributed by atoms with Gasteiger partial charge in [0.2, 0.25) is 0 Å². The summed E-state index contributed by atoms with van der Waals surface area (Å²) in [5.74, 6) is 0. The molecule has 1 unspecified atom stereocenters. The van der Waals surface area contributed by atoms with Gasteiger partial charge in [-0.15, -0.1) is 0 Å². The molecule has 0 spiro atoms. The van der Waals surface area contributed by atoms with E-state index in [1.165, 1.54) is 6.92 Å². The van der Waals surface area contributed by atoms with Gasteiger partial charge in [0.25, 0.3) is 0 Å². The number of hydrogen-bond donors (Lipinski definition) is 2. The fourth-order valence-electron chi connectivity index (χ4n) is 1.19. The molecular formula is C10H20F3NO2. The van der Waals surface area contributed by atoms with Crippen LogP contribution in [0.5, 0.6) is 0 Å². The van der Waals surface area contributed by atoms with Gasteiger partial charge in [-0.2, -0.15) is 13.2 Å². The van der Waals surface area contributed by atoms with Crippen molar-refractivity contribution in [1.82, 2.24) is 5.32 Å². The first-order chi connectivity index (χ1) is 7.27. The number of hydrogen-bond acceptors (Lipinski definition) is 3. The zero-order chi connectivity index (χ0) is 12.7. The van der Waals surface area contributed by atoms with Crippen molar-refractivity contribution < 1.29 is 23.0 Å². The lowest BCUT2D eigenvalue weighted by atomic mass is 9.96. The first kappa shape index (κ1) is 15.7. The molecule has 0 amide bonds. The normalized spacial score (nSPS) is 16.1. The Balaban J connectivity index is 3.62. The molecular weight excluding hydrogens is 223 g/mol. The summed E-state index contributed by atoms with van der Waals surface area (Å²) in [5, 5.41) is 12.6. The van der Waals surface area contributed by atoms with E-state index in [1.54, 1.807) is 7.11 Å². The molecule has 0 heterocycles. The van der Waals surface area contributed by atoms with E-state index in [1.807, 2.05) is 0 Å². The number of nitrogens with one attached hydrogen (secondary N) is 1. The molecule has 0 aliphatic heterocycles. The molecule has 0 saturated heterocycles. The molecule has 98 valence electrons. The van der Waals surface area contributed by atoms with Crippen LogP contribution in [0.4, 0.5) is 13.2 Å². The fourth-order valence-corrected chi connectivity index (χ4v) is 1.19. The van der Waals surface area contributed by atoms with Crippen LogP contribution in [-0.2, 0) is 4.74 Å². The molecule has 0 fully saturated rings. The van der Waals surface area contributed by atoms with Crippen LogP contribution in [0.3, 0.4) is 0 Å². The maximum atomic E-state index is 11.9. The molecule has 0 aromatic carbocycles. The summed E-state index contributed by atoms with van der Waals surface area (Å²) >= 11 is 0. The second kappa shape index (κ2) is 7.09. The van der Waals surface area contributed by atoms with Crippen molar-refractivity contribution in [2.45, 2.75) is 38.0 Å². The first-order valence-electron chi connectivity index (χ1n) is 5.26. The number of ether oxygens (including phenoxy) is 1. The van der Waals surface area contributed by atoms with E-state index in [-0.39, 0.29) is 6.42 Å². The maximum Gasteiger partial charge on any atom is 0.389 e. The highest BCUT2D eigenvalue weighted by atomic mass is 19.4. The highest BCUT2D eigenvalue weighted by molar-refractivity contribution is 4.75. The molecule has 3 nitrogen and oxygen atoms in total. The van der Waals surface area contributed by atoms with Gasteiger partial charge >= 0.3 is 6.18 Å². The third-order valence-electron chi connectivity index (χ3n) is 2.27. The number of rotatable bonds is 8. The number of aliphatic hydroxyl groups is 1. The summed E-state index contributed by atoms with van der Waals surface area (Å²) in [6.45, 7) is 3.08. The minimum absolute atomic E-state index is 0.261. The van der Waals surface area contributed by atoms with E-state index in [9.17, 15) is 18.3 Å². The predicted molar refractivity (Wildman–Crippen MR) is 55.3 cm³/mol. The van der Waals surface area contributed by atoms with E-state index in [4.69, 9.17) is 4.74 Å². The molecule has 0 aromatic rings. The third-order valence-corrected chi connectivity index (χ3v) is 2.27. The van der Waals surface area contributed by atoms with Crippen molar-refractivity contribution in [3.8, 4) is 0 Å². The maximum absolute atomic E-state index is 11.9. The van der Waals surface area contributed by atoms with Crippen LogP contribution in [0.25, 0.3) is 0 Å². The SMILES string of the molecule is COCCNCCC(C)(O)CCC(F)(F)F. The van der Waals surface area contributed by atoms with Crippen LogP contribution in [-0.4, -0.2) is 43.7 Å². The van der Waals surface area contributed by atoms with Gasteiger partial charge in [0.1, 0.15) is 0 Å². The van der Waals surface area contributed by atoms with Crippen molar-refractivity contribution in [3.63, 3.8) is 0 Å². The predicted octanol–water partition coefficient (Wildman–Crippen LogP) is 1.71. The number of methoxy groups -OCH3 is 1. The van der Waals surface area contributed by atoms with Crippen molar-refractivity contribution in [1.29, 1.82) is 0 Å². The van der Waals surface area contributed by atoms with Gasteiger partial charge in [-0.25, -0.2) is 0 Å². The van der Waals surface area contributed by atoms with E-state index in [2.05, 4.69) is 5.32 Å². The van der Waals surface area contributed by atoms with Crippen LogP contribution in [0.2, 0.25) is 0 Å². The zero-order valence-electron chi connectivity index (χ0n) is 9.73. The van der Waals surface area contributed by atoms with Crippen molar-refractivity contribution >= 4 is 0 Å². The van der Waals surface area contributed by atoms with Gasteiger partial charge in [0, 0.05) is 20.1 Å². The summed E-state index contributed by atoms with van der Waals surface area (Å²) in [6.07, 6.45) is -5.11. The Bertz CT molecular complexity index is 183. The summed E-state index contributed by atoms with van der Waals surface area (Å²) in [6, 6.07) is 0. The van der Waals surface area contributed by atoms with E-state index >= 15 is 0 Å². The van der Waals surface area contributed by atoms with Crippen LogP contribution in [0, 0.1) is 0 Å². The van der Waals surface area contributed by atoms with Crippen LogP contribution in [0.1, 0.15) is 26.2 Å². The zero-order valence-corrected chi connectivity index (χ0v) is 9.73. The van der Waals surface area contributed by atoms with Gasteiger partial charge in [0.15, 0.2) is 0 Å². The van der Waals surface area contributed by atoms with Crippen LogP contribution < -0.4 is 5.32 Å². The Morgan fingerprint density at radius 1 is 1.12 bits per heavy atom. The Morgan fingerprint density at radius 2 is 1.75 bits per heavy atom. The Hall–Kier alpha value is -0.330. The smallest absolute Gasteiger partial charge is 0.389 e. The second-order valence-electron chi connectivity index (χ2n) is 4.10. The third kappa shape index (κ3) is 10.2. The van der Waals surface area contributed by atoms with E-state index in [0.717, 1.165) is 0 Å². The van der Waals surface area contributed by atoms with Crippen LogP contribution >= 0.6 is 0 Å². The summed E-state index contributed by atoms with van der Waals surface area (Å²) in [4.78, 5) is 0. The Kier molecular flexibility index (Phi) is 6.94. The molecule has 0 saturated carbocycles. The van der Waals surface area contributed by atoms with Gasteiger partial charge in [-0.05, 0) is 26.3 Å². The van der Waals surface area contributed by atoms with Crippen LogP contribution in [0.15, 0.2) is 0 Å². The van der Waals surface area contributed by atoms with E-state index in [0.29, 0.717) is 26.1 Å². The minimum atomic E-state index is -4.20. The molecule has 16 heavy (non-hydrogen) atoms. The summed E-state index contributed by atoms with van der Waals surface area (Å²) in [5.41, 5.74) is -1.27. The summed E-state index contributed by atoms with van der Waals surface area (Å²) < 4.78 is 40.6. The first-order valence-corrected chi connectivity index (χ1v) is 5.26. The molecule has 0 radical (unpaired) electrons. The minimum Gasteiger partial charge on any atom is -0.390 e. The van der Waals surface area contributed by atoms with Crippen molar-refractivity contribution in [3.05, 3.63) is 0 Å². The Labute approximate surface area is 94.0 Å². The van der Waals surface area contributed by atoms with Gasteiger partial charge in [-0.1, -0.05) is 0 Å². The molecule has 0 aromatic heterocycles. The molecule has 2 N–H and O–H groups in total. The lowest BCUT2D eigenvalue weighted by Gasteiger charge is -2.24. The van der Waals surface area contributed by atoms with Crippen molar-refractivity contribution in [2.75, 3.05) is 26.8 Å². The molecule has 0 bridgehead atoms. The van der Waals surface area contributed by atoms with Crippen molar-refractivity contribution in [2.24, 2.45) is 0 Å². The largest absolute Gasteiger partial charge is 0.390 e. The average Bonchev–Trinajstić information content (AvgIpc) is 2.14. The quantitative estimate of drug-likeness (QED) is 0.638.